The fourth-order valence-electron chi connectivity index (χ4n) is 4.33. The van der Waals surface area contributed by atoms with Crippen LogP contribution in [-0.4, -0.2) is 49.0 Å². The largest absolute Gasteiger partial charge is 0.453 e. The number of sulfonamides is 1. The van der Waals surface area contributed by atoms with Crippen LogP contribution in [0.5, 0.6) is 0 Å². The standard InChI is InChI=1S/C22H24F2N4O4S/c1-13-5-7-28-18(9-14-4-3-6-27(12-14)22(29)32-2)21(26-19(28)8-13)20-16(23)10-15(11-17(20)24)33(25,30)31/h5,7-8,10-11,14H,3-4,6,9,12H2,1-2H3,(H2,25,30,31)/t14-/m0/s1. The Balaban J connectivity index is 1.82. The Hall–Kier alpha value is -3.05. The first kappa shape index (κ1) is 23.1. The molecule has 2 aromatic heterocycles. The van der Waals surface area contributed by atoms with Gasteiger partial charge in [0.15, 0.2) is 0 Å². The number of aromatic nitrogens is 2. The van der Waals surface area contributed by atoms with Gasteiger partial charge in [0.1, 0.15) is 17.3 Å². The summed E-state index contributed by atoms with van der Waals surface area (Å²) in [6.45, 7) is 2.91. The molecule has 11 heteroatoms. The van der Waals surface area contributed by atoms with Crippen molar-refractivity contribution in [1.82, 2.24) is 14.3 Å². The van der Waals surface area contributed by atoms with Gasteiger partial charge in [-0.25, -0.2) is 32.1 Å². The third-order valence-corrected chi connectivity index (χ3v) is 6.79. The lowest BCUT2D eigenvalue weighted by molar-refractivity contribution is 0.102. The zero-order chi connectivity index (χ0) is 23.9. The van der Waals surface area contributed by atoms with Gasteiger partial charge in [0, 0.05) is 19.3 Å². The molecular weight excluding hydrogens is 454 g/mol. The number of likely N-dealkylation sites (tertiary alicyclic amines) is 1. The number of fused-ring (bicyclic) bond motifs is 1. The zero-order valence-corrected chi connectivity index (χ0v) is 19.0. The summed E-state index contributed by atoms with van der Waals surface area (Å²) >= 11 is 0. The smallest absolute Gasteiger partial charge is 0.409 e. The molecule has 176 valence electrons. The molecule has 0 aliphatic carbocycles. The quantitative estimate of drug-likeness (QED) is 0.620. The van der Waals surface area contributed by atoms with Gasteiger partial charge in [0.25, 0.3) is 0 Å². The number of benzene rings is 1. The summed E-state index contributed by atoms with van der Waals surface area (Å²) in [5.41, 5.74) is 1.68. The van der Waals surface area contributed by atoms with Gasteiger partial charge < -0.3 is 14.0 Å². The Morgan fingerprint density at radius 2 is 1.97 bits per heavy atom. The number of carbonyl (C=O) groups is 1. The van der Waals surface area contributed by atoms with Crippen LogP contribution in [0.3, 0.4) is 0 Å². The molecule has 0 saturated carbocycles. The molecule has 0 radical (unpaired) electrons. The third-order valence-electron chi connectivity index (χ3n) is 5.90. The molecule has 2 N–H and O–H groups in total. The van der Waals surface area contributed by atoms with E-state index in [2.05, 4.69) is 4.98 Å². The predicted octanol–water partition coefficient (Wildman–Crippen LogP) is 3.26. The van der Waals surface area contributed by atoms with E-state index in [4.69, 9.17) is 9.88 Å². The van der Waals surface area contributed by atoms with Crippen molar-refractivity contribution in [3.63, 3.8) is 0 Å². The number of nitrogens with two attached hydrogens (primary N) is 1. The molecule has 3 heterocycles. The van der Waals surface area contributed by atoms with Crippen LogP contribution >= 0.6 is 0 Å². The van der Waals surface area contributed by atoms with E-state index in [0.717, 1.165) is 18.4 Å². The van der Waals surface area contributed by atoms with E-state index in [1.807, 2.05) is 13.0 Å². The first-order chi connectivity index (χ1) is 15.6. The average Bonchev–Trinajstić information content (AvgIpc) is 3.09. The van der Waals surface area contributed by atoms with Crippen LogP contribution in [0.4, 0.5) is 13.6 Å². The summed E-state index contributed by atoms with van der Waals surface area (Å²) in [7, 11) is -2.95. The van der Waals surface area contributed by atoms with E-state index in [1.54, 1.807) is 21.6 Å². The fraction of sp³-hybridized carbons (Fsp3) is 0.364. The van der Waals surface area contributed by atoms with E-state index < -0.39 is 38.2 Å². The SMILES string of the molecule is COC(=O)N1CCC[C@@H](Cc2c(-c3c(F)cc(S(N)(=O)=O)cc3F)nc3cc(C)ccn23)C1. The first-order valence-electron chi connectivity index (χ1n) is 10.4. The highest BCUT2D eigenvalue weighted by Gasteiger charge is 2.29. The summed E-state index contributed by atoms with van der Waals surface area (Å²) in [6.07, 6.45) is 3.37. The molecule has 1 atom stereocenters. The number of halogens is 2. The number of rotatable bonds is 4. The molecule has 1 aliphatic rings. The minimum Gasteiger partial charge on any atom is -0.453 e. The Labute approximate surface area is 190 Å². The van der Waals surface area contributed by atoms with Crippen LogP contribution in [0.25, 0.3) is 16.9 Å². The highest BCUT2D eigenvalue weighted by atomic mass is 32.2. The molecular formula is C22H24F2N4O4S. The van der Waals surface area contributed by atoms with E-state index in [1.165, 1.54) is 7.11 Å². The topological polar surface area (TPSA) is 107 Å². The number of pyridine rings is 1. The van der Waals surface area contributed by atoms with Crippen LogP contribution < -0.4 is 5.14 Å². The van der Waals surface area contributed by atoms with Gasteiger partial charge in [-0.05, 0) is 61.9 Å². The Kier molecular flexibility index (Phi) is 6.10. The number of hydrogen-bond donors (Lipinski definition) is 1. The Morgan fingerprint density at radius 3 is 2.61 bits per heavy atom. The number of nitrogens with zero attached hydrogens (tertiary/aromatic N) is 3. The molecule has 8 nitrogen and oxygen atoms in total. The molecule has 33 heavy (non-hydrogen) atoms. The van der Waals surface area contributed by atoms with Gasteiger partial charge in [-0.15, -0.1) is 0 Å². The second-order valence-corrected chi connectivity index (χ2v) is 9.84. The number of primary sulfonamides is 1. The van der Waals surface area contributed by atoms with Crippen molar-refractivity contribution in [3.05, 3.63) is 53.4 Å². The van der Waals surface area contributed by atoms with E-state index in [0.29, 0.717) is 43.0 Å². The van der Waals surface area contributed by atoms with Crippen LogP contribution in [0.1, 0.15) is 24.1 Å². The molecule has 3 aromatic rings. The van der Waals surface area contributed by atoms with E-state index in [-0.39, 0.29) is 11.6 Å². The molecule has 1 saturated heterocycles. The van der Waals surface area contributed by atoms with Crippen LogP contribution in [0, 0.1) is 24.5 Å². The maximum Gasteiger partial charge on any atom is 0.409 e. The fourth-order valence-corrected chi connectivity index (χ4v) is 4.87. The van der Waals surface area contributed by atoms with Gasteiger partial charge in [-0.3, -0.25) is 0 Å². The van der Waals surface area contributed by atoms with Crippen molar-refractivity contribution in [2.75, 3.05) is 20.2 Å². The van der Waals surface area contributed by atoms with Crippen molar-refractivity contribution in [2.24, 2.45) is 11.1 Å². The summed E-state index contributed by atoms with van der Waals surface area (Å²) in [6, 6.07) is 5.06. The van der Waals surface area contributed by atoms with E-state index in [9.17, 15) is 13.2 Å². The lowest BCUT2D eigenvalue weighted by Crippen LogP contribution is -2.40. The number of imidazole rings is 1. The molecule has 1 aromatic carbocycles. The van der Waals surface area contributed by atoms with Crippen LogP contribution in [-0.2, 0) is 21.2 Å². The minimum absolute atomic E-state index is 0.0209. The van der Waals surface area contributed by atoms with Crippen molar-refractivity contribution in [2.45, 2.75) is 31.1 Å². The number of hydrogen-bond acceptors (Lipinski definition) is 5. The third kappa shape index (κ3) is 4.55. The van der Waals surface area contributed by atoms with Gasteiger partial charge in [-0.2, -0.15) is 0 Å². The maximum atomic E-state index is 15.0. The zero-order valence-electron chi connectivity index (χ0n) is 18.2. The number of piperidine rings is 1. The average molecular weight is 479 g/mol. The molecule has 0 bridgehead atoms. The lowest BCUT2D eigenvalue weighted by atomic mass is 9.92. The van der Waals surface area contributed by atoms with Gasteiger partial charge in [0.05, 0.1) is 29.0 Å². The second kappa shape index (κ2) is 8.71. The molecule has 0 unspecified atom stereocenters. The summed E-state index contributed by atoms with van der Waals surface area (Å²) in [4.78, 5) is 17.4. The normalized spacial score (nSPS) is 16.9. The van der Waals surface area contributed by atoms with Gasteiger partial charge in [0.2, 0.25) is 10.0 Å². The molecule has 1 amide bonds. The van der Waals surface area contributed by atoms with Gasteiger partial charge >= 0.3 is 6.09 Å². The summed E-state index contributed by atoms with van der Waals surface area (Å²) in [5.74, 6) is -2.12. The molecule has 4 rings (SSSR count). The number of aryl methyl sites for hydroxylation is 1. The van der Waals surface area contributed by atoms with Crippen molar-refractivity contribution in [1.29, 1.82) is 0 Å². The van der Waals surface area contributed by atoms with Crippen LogP contribution in [0.2, 0.25) is 0 Å². The summed E-state index contributed by atoms with van der Waals surface area (Å²) in [5, 5.41) is 5.04. The van der Waals surface area contributed by atoms with Crippen molar-refractivity contribution < 1.29 is 26.7 Å². The summed E-state index contributed by atoms with van der Waals surface area (Å²) < 4.78 is 59.8. The number of amides is 1. The second-order valence-electron chi connectivity index (χ2n) is 8.27. The van der Waals surface area contributed by atoms with Gasteiger partial charge in [-0.1, -0.05) is 0 Å². The first-order valence-corrected chi connectivity index (χ1v) is 12.0. The maximum absolute atomic E-state index is 15.0. The molecule has 0 spiro atoms. The highest BCUT2D eigenvalue weighted by Crippen LogP contribution is 2.34. The monoisotopic (exact) mass is 478 g/mol. The van der Waals surface area contributed by atoms with Crippen molar-refractivity contribution >= 4 is 21.8 Å². The lowest BCUT2D eigenvalue weighted by Gasteiger charge is -2.31. The molecule has 1 aliphatic heterocycles. The van der Waals surface area contributed by atoms with Crippen LogP contribution in [0.15, 0.2) is 35.4 Å². The molecule has 1 fully saturated rings. The Morgan fingerprint density at radius 1 is 1.27 bits per heavy atom. The minimum atomic E-state index is -4.28. The highest BCUT2D eigenvalue weighted by molar-refractivity contribution is 7.89. The predicted molar refractivity (Wildman–Crippen MR) is 117 cm³/mol. The van der Waals surface area contributed by atoms with E-state index >= 15 is 8.78 Å². The van der Waals surface area contributed by atoms with Crippen molar-refractivity contribution in [3.8, 4) is 11.3 Å². The Bertz CT molecular complexity index is 1320. The number of ether oxygens (including phenoxy) is 1. The number of methoxy groups -OCH3 is 1. The number of carbonyl (C=O) groups excluding carboxylic acids is 1.